The van der Waals surface area contributed by atoms with Crippen molar-refractivity contribution in [2.75, 3.05) is 25.0 Å². The number of carbonyl (C=O) groups excluding carboxylic acids is 4. The van der Waals surface area contributed by atoms with Crippen LogP contribution in [0.15, 0.2) is 18.2 Å². The second-order valence-electron chi connectivity index (χ2n) is 5.77. The van der Waals surface area contributed by atoms with Crippen molar-refractivity contribution in [3.8, 4) is 0 Å². The Labute approximate surface area is 138 Å². The third kappa shape index (κ3) is 2.76. The topological polar surface area (TPSA) is 122 Å². The van der Waals surface area contributed by atoms with Crippen molar-refractivity contribution in [2.24, 2.45) is 5.73 Å². The summed E-state index contributed by atoms with van der Waals surface area (Å²) in [6.07, 6.45) is 0.378. The van der Waals surface area contributed by atoms with Crippen molar-refractivity contribution in [1.82, 2.24) is 10.2 Å². The Balaban J connectivity index is 1.92. The molecule has 2 aliphatic heterocycles. The van der Waals surface area contributed by atoms with Crippen LogP contribution in [0.1, 0.15) is 33.6 Å². The first-order valence-electron chi connectivity index (χ1n) is 7.77. The highest BCUT2D eigenvalue weighted by Gasteiger charge is 2.40. The van der Waals surface area contributed by atoms with E-state index in [0.717, 1.165) is 0 Å². The zero-order valence-electron chi connectivity index (χ0n) is 13.0. The minimum absolute atomic E-state index is 0.152. The largest absolute Gasteiger partial charge is 0.383 e. The van der Waals surface area contributed by atoms with Crippen LogP contribution in [-0.2, 0) is 9.59 Å². The molecule has 1 atom stereocenters. The molecule has 0 bridgehead atoms. The number of imide groups is 1. The van der Waals surface area contributed by atoms with E-state index in [0.29, 0.717) is 24.3 Å². The number of Topliss-reactive ketones (excluding diaryl/α,β-unsaturated/α-hetero) is 1. The Morgan fingerprint density at radius 1 is 1.25 bits per heavy atom. The lowest BCUT2D eigenvalue weighted by Gasteiger charge is -2.35. The molecule has 0 radical (unpaired) electrons. The van der Waals surface area contributed by atoms with Crippen molar-refractivity contribution in [1.29, 1.82) is 0 Å². The lowest BCUT2D eigenvalue weighted by atomic mass is 9.93. The molecule has 2 aliphatic rings. The van der Waals surface area contributed by atoms with Crippen LogP contribution in [0.5, 0.6) is 0 Å². The van der Waals surface area contributed by atoms with E-state index in [1.807, 2.05) is 0 Å². The third-order valence-corrected chi connectivity index (χ3v) is 4.19. The zero-order chi connectivity index (χ0) is 17.3. The van der Waals surface area contributed by atoms with Gasteiger partial charge in [0.15, 0.2) is 5.78 Å². The van der Waals surface area contributed by atoms with E-state index >= 15 is 0 Å². The minimum Gasteiger partial charge on any atom is -0.383 e. The fourth-order valence-corrected chi connectivity index (χ4v) is 3.08. The first-order chi connectivity index (χ1) is 11.5. The summed E-state index contributed by atoms with van der Waals surface area (Å²) in [6, 6.07) is 4.17. The highest BCUT2D eigenvalue weighted by atomic mass is 16.2. The Hall–Kier alpha value is -2.74. The number of amides is 3. The Morgan fingerprint density at radius 2 is 2.04 bits per heavy atom. The van der Waals surface area contributed by atoms with Gasteiger partial charge in [-0.15, -0.1) is 0 Å². The van der Waals surface area contributed by atoms with Crippen LogP contribution in [0.2, 0.25) is 0 Å². The molecular formula is C16H18N4O4. The van der Waals surface area contributed by atoms with E-state index in [4.69, 9.17) is 5.73 Å². The number of hydrogen-bond acceptors (Lipinski definition) is 6. The fourth-order valence-electron chi connectivity index (χ4n) is 3.08. The predicted molar refractivity (Wildman–Crippen MR) is 85.5 cm³/mol. The Bertz CT molecular complexity index is 731. The van der Waals surface area contributed by atoms with Crippen LogP contribution >= 0.6 is 0 Å². The highest BCUT2D eigenvalue weighted by molar-refractivity contribution is 6.17. The van der Waals surface area contributed by atoms with E-state index in [9.17, 15) is 19.2 Å². The Morgan fingerprint density at radius 3 is 2.75 bits per heavy atom. The van der Waals surface area contributed by atoms with E-state index in [2.05, 4.69) is 10.6 Å². The number of rotatable bonds is 4. The monoisotopic (exact) mass is 330 g/mol. The molecule has 1 aromatic carbocycles. The number of nitrogens with one attached hydrogen (secondary N) is 2. The average molecular weight is 330 g/mol. The maximum absolute atomic E-state index is 12.8. The van der Waals surface area contributed by atoms with E-state index < -0.39 is 11.9 Å². The number of piperidine rings is 1. The van der Waals surface area contributed by atoms with Gasteiger partial charge in [0.1, 0.15) is 6.04 Å². The van der Waals surface area contributed by atoms with Crippen LogP contribution in [0.3, 0.4) is 0 Å². The van der Waals surface area contributed by atoms with Gasteiger partial charge >= 0.3 is 0 Å². The van der Waals surface area contributed by atoms with Crippen LogP contribution < -0.4 is 16.4 Å². The van der Waals surface area contributed by atoms with Crippen LogP contribution in [-0.4, -0.2) is 54.1 Å². The van der Waals surface area contributed by atoms with E-state index in [1.54, 1.807) is 18.2 Å². The van der Waals surface area contributed by atoms with Crippen molar-refractivity contribution >= 4 is 29.2 Å². The van der Waals surface area contributed by atoms with Crippen molar-refractivity contribution < 1.29 is 19.2 Å². The summed E-state index contributed by atoms with van der Waals surface area (Å²) in [4.78, 5) is 49.9. The van der Waals surface area contributed by atoms with Gasteiger partial charge in [0, 0.05) is 25.2 Å². The normalized spacial score (nSPS) is 20.7. The smallest absolute Gasteiger partial charge is 0.255 e. The fraction of sp³-hybridized carbons (Fsp3) is 0.375. The number of nitrogens with two attached hydrogens (primary N) is 1. The van der Waals surface area contributed by atoms with Gasteiger partial charge in [-0.3, -0.25) is 24.5 Å². The summed E-state index contributed by atoms with van der Waals surface area (Å²) in [7, 11) is 0. The molecule has 8 heteroatoms. The molecular weight excluding hydrogens is 312 g/mol. The summed E-state index contributed by atoms with van der Waals surface area (Å²) in [5.41, 5.74) is 6.63. The number of benzene rings is 1. The number of anilines is 1. The van der Waals surface area contributed by atoms with Crippen LogP contribution in [0.4, 0.5) is 5.69 Å². The molecule has 0 aromatic heterocycles. The number of carbonyl (C=O) groups is 4. The average Bonchev–Trinajstić information content (AvgIpc) is 2.56. The van der Waals surface area contributed by atoms with Gasteiger partial charge in [-0.25, -0.2) is 0 Å². The molecule has 126 valence electrons. The van der Waals surface area contributed by atoms with E-state index in [-0.39, 0.29) is 42.5 Å². The molecule has 2 heterocycles. The molecule has 3 amide bonds. The lowest BCUT2D eigenvalue weighted by Crippen LogP contribution is -2.57. The van der Waals surface area contributed by atoms with Gasteiger partial charge in [0.25, 0.3) is 5.91 Å². The zero-order valence-corrected chi connectivity index (χ0v) is 13.0. The Kier molecular flexibility index (Phi) is 4.30. The third-order valence-electron chi connectivity index (χ3n) is 4.19. The van der Waals surface area contributed by atoms with Crippen LogP contribution in [0, 0.1) is 0 Å². The van der Waals surface area contributed by atoms with Crippen LogP contribution in [0.25, 0.3) is 0 Å². The molecule has 1 aromatic rings. The number of nitrogens with zero attached hydrogens (tertiary/aromatic N) is 1. The molecule has 24 heavy (non-hydrogen) atoms. The summed E-state index contributed by atoms with van der Waals surface area (Å²) in [5, 5.41) is 5.26. The molecule has 3 rings (SSSR count). The van der Waals surface area contributed by atoms with Gasteiger partial charge in [0.2, 0.25) is 11.8 Å². The minimum atomic E-state index is -0.798. The second kappa shape index (κ2) is 6.40. The van der Waals surface area contributed by atoms with E-state index in [1.165, 1.54) is 4.90 Å². The molecule has 8 nitrogen and oxygen atoms in total. The lowest BCUT2D eigenvalue weighted by molar-refractivity contribution is -0.136. The number of ketones is 1. The van der Waals surface area contributed by atoms with Crippen molar-refractivity contribution in [2.45, 2.75) is 18.9 Å². The summed E-state index contributed by atoms with van der Waals surface area (Å²) >= 11 is 0. The maximum atomic E-state index is 12.8. The molecule has 0 saturated carbocycles. The molecule has 0 aliphatic carbocycles. The maximum Gasteiger partial charge on any atom is 0.255 e. The number of hydrogen-bond donors (Lipinski definition) is 3. The predicted octanol–water partition coefficient (Wildman–Crippen LogP) is -0.499. The standard InChI is InChI=1S/C16H18N4O4/c17-6-7-18-10-3-1-2-9-14(10)12(21)8-20(16(9)24)11-4-5-13(22)19-15(11)23/h1-3,11,18H,4-8,17H2,(H,19,22,23). The SMILES string of the molecule is NCCNc1cccc2c1C(=O)CN(C1CCC(=O)NC1=O)C2=O. The molecule has 1 saturated heterocycles. The van der Waals surface area contributed by atoms with Gasteiger partial charge in [-0.05, 0) is 18.6 Å². The van der Waals surface area contributed by atoms with Gasteiger partial charge in [-0.2, -0.15) is 0 Å². The van der Waals surface area contributed by atoms with Gasteiger partial charge < -0.3 is 16.0 Å². The van der Waals surface area contributed by atoms with Gasteiger partial charge in [-0.1, -0.05) is 6.07 Å². The highest BCUT2D eigenvalue weighted by Crippen LogP contribution is 2.28. The summed E-state index contributed by atoms with van der Waals surface area (Å²) < 4.78 is 0. The quantitative estimate of drug-likeness (QED) is 0.640. The van der Waals surface area contributed by atoms with Crippen molar-refractivity contribution in [3.63, 3.8) is 0 Å². The summed E-state index contributed by atoms with van der Waals surface area (Å²) in [5.74, 6) is -1.51. The summed E-state index contributed by atoms with van der Waals surface area (Å²) in [6.45, 7) is 0.697. The molecule has 4 N–H and O–H groups in total. The first-order valence-corrected chi connectivity index (χ1v) is 7.77. The number of fused-ring (bicyclic) bond motifs is 1. The van der Waals surface area contributed by atoms with Gasteiger partial charge in [0.05, 0.1) is 17.7 Å². The second-order valence-corrected chi connectivity index (χ2v) is 5.77. The van der Waals surface area contributed by atoms with Crippen molar-refractivity contribution in [3.05, 3.63) is 29.3 Å². The molecule has 1 fully saturated rings. The molecule has 0 spiro atoms. The first kappa shape index (κ1) is 16.1. The molecule has 1 unspecified atom stereocenters.